The highest BCUT2D eigenvalue weighted by molar-refractivity contribution is 5.69. The summed E-state index contributed by atoms with van der Waals surface area (Å²) in [6, 6.07) is 38.7. The summed E-state index contributed by atoms with van der Waals surface area (Å²) in [6.07, 6.45) is 2.56. The molecule has 4 aromatic carbocycles. The first kappa shape index (κ1) is 27.5. The minimum atomic E-state index is -4.38. The third-order valence-corrected chi connectivity index (χ3v) is 6.11. The molecular formula is C35H27F3NO2+. The van der Waals surface area contributed by atoms with E-state index < -0.39 is 12.7 Å². The Morgan fingerprint density at radius 2 is 0.854 bits per heavy atom. The lowest BCUT2D eigenvalue weighted by molar-refractivity contribution is -0.722. The van der Waals surface area contributed by atoms with E-state index in [1.165, 1.54) is 4.57 Å². The number of benzene rings is 4. The average Bonchev–Trinajstić information content (AvgIpc) is 2.98. The molecule has 5 aromatic rings. The number of para-hydroxylation sites is 2. The molecule has 0 aliphatic rings. The average molecular weight is 551 g/mol. The maximum atomic E-state index is 13.6. The second-order valence-electron chi connectivity index (χ2n) is 9.21. The summed E-state index contributed by atoms with van der Waals surface area (Å²) in [5.41, 5.74) is 2.53. The molecule has 0 saturated heterocycles. The smallest absolute Gasteiger partial charge is 0.448 e. The Bertz CT molecular complexity index is 1500. The Labute approximate surface area is 237 Å². The van der Waals surface area contributed by atoms with Crippen LogP contribution in [0.15, 0.2) is 127 Å². The van der Waals surface area contributed by atoms with Crippen LogP contribution in [0.25, 0.3) is 24.3 Å². The van der Waals surface area contributed by atoms with Gasteiger partial charge in [0.1, 0.15) is 23.0 Å². The molecular weight excluding hydrogens is 523 g/mol. The molecule has 0 fully saturated rings. The number of ether oxygens (including phenoxy) is 2. The van der Waals surface area contributed by atoms with Gasteiger partial charge >= 0.3 is 6.18 Å². The summed E-state index contributed by atoms with van der Waals surface area (Å²) >= 11 is 0. The van der Waals surface area contributed by atoms with Crippen LogP contribution < -0.4 is 14.0 Å². The van der Waals surface area contributed by atoms with Crippen molar-refractivity contribution in [2.24, 2.45) is 0 Å². The van der Waals surface area contributed by atoms with Gasteiger partial charge in [0.15, 0.2) is 0 Å². The summed E-state index contributed by atoms with van der Waals surface area (Å²) in [7, 11) is 0. The van der Waals surface area contributed by atoms with Crippen LogP contribution in [0.5, 0.6) is 23.0 Å². The highest BCUT2D eigenvalue weighted by Gasteiger charge is 2.35. The number of hydrogen-bond donors (Lipinski definition) is 0. The Morgan fingerprint density at radius 3 is 1.24 bits per heavy atom. The molecule has 0 spiro atoms. The third-order valence-electron chi connectivity index (χ3n) is 6.11. The van der Waals surface area contributed by atoms with E-state index in [1.54, 1.807) is 42.5 Å². The van der Waals surface area contributed by atoms with Crippen molar-refractivity contribution in [3.05, 3.63) is 150 Å². The maximum absolute atomic E-state index is 13.6. The molecule has 0 bridgehead atoms. The van der Waals surface area contributed by atoms with Crippen molar-refractivity contribution in [2.75, 3.05) is 0 Å². The van der Waals surface area contributed by atoms with E-state index in [9.17, 15) is 13.2 Å². The van der Waals surface area contributed by atoms with E-state index in [0.29, 0.717) is 22.9 Å². The first-order chi connectivity index (χ1) is 19.9. The largest absolute Gasteiger partial charge is 0.457 e. The first-order valence-electron chi connectivity index (χ1n) is 13.0. The zero-order valence-electron chi connectivity index (χ0n) is 22.0. The van der Waals surface area contributed by atoms with Crippen molar-refractivity contribution >= 4 is 24.3 Å². The normalized spacial score (nSPS) is 11.7. The van der Waals surface area contributed by atoms with Gasteiger partial charge in [0.05, 0.1) is 0 Å². The molecule has 0 N–H and O–H groups in total. The number of nitrogens with zero attached hydrogens (tertiary/aromatic N) is 1. The van der Waals surface area contributed by atoms with Crippen LogP contribution in [0.2, 0.25) is 0 Å². The van der Waals surface area contributed by atoms with E-state index in [2.05, 4.69) is 0 Å². The van der Waals surface area contributed by atoms with Crippen LogP contribution in [0.4, 0.5) is 13.2 Å². The number of hydrogen-bond acceptors (Lipinski definition) is 2. The van der Waals surface area contributed by atoms with Gasteiger partial charge < -0.3 is 9.47 Å². The molecule has 6 heteroatoms. The SMILES string of the molecule is FC(F)(F)C[n+]1c(/C=C/c2ccc(Oc3ccccc3)cc2)cccc1/C=C/c1ccc(Oc2ccccc2)cc1. The first-order valence-corrected chi connectivity index (χ1v) is 13.0. The van der Waals surface area contributed by atoms with Crippen molar-refractivity contribution in [1.29, 1.82) is 0 Å². The summed E-state index contributed by atoms with van der Waals surface area (Å²) in [6.45, 7) is -1.11. The predicted octanol–water partition coefficient (Wildman–Crippen LogP) is 9.46. The van der Waals surface area contributed by atoms with Gasteiger partial charge in [-0.2, -0.15) is 17.7 Å². The van der Waals surface area contributed by atoms with E-state index >= 15 is 0 Å². The van der Waals surface area contributed by atoms with Crippen molar-refractivity contribution in [3.8, 4) is 23.0 Å². The topological polar surface area (TPSA) is 22.3 Å². The van der Waals surface area contributed by atoms with Gasteiger partial charge in [0.25, 0.3) is 0 Å². The van der Waals surface area contributed by atoms with Gasteiger partial charge in [0.2, 0.25) is 17.9 Å². The van der Waals surface area contributed by atoms with Gasteiger partial charge in [-0.3, -0.25) is 0 Å². The minimum absolute atomic E-state index is 0.431. The fraction of sp³-hybridized carbons (Fsp3) is 0.0571. The quantitative estimate of drug-likeness (QED) is 0.171. The zero-order chi connectivity index (χ0) is 28.5. The Morgan fingerprint density at radius 1 is 0.463 bits per heavy atom. The summed E-state index contributed by atoms with van der Waals surface area (Å²) in [5, 5.41) is 0. The molecule has 204 valence electrons. The molecule has 1 heterocycles. The van der Waals surface area contributed by atoms with E-state index in [4.69, 9.17) is 9.47 Å². The molecule has 0 unspecified atom stereocenters. The standard InChI is InChI=1S/C35H27F3NO2/c36-35(37,38)26-39-29(20-14-27-16-22-33(23-17-27)40-31-10-3-1-4-11-31)8-7-9-30(39)21-15-28-18-24-34(25-19-28)41-32-12-5-2-6-13-32/h1-25H,26H2/q+1/b20-14+,21-15+. The molecule has 0 aliphatic carbocycles. The van der Waals surface area contributed by atoms with Crippen LogP contribution >= 0.6 is 0 Å². The van der Waals surface area contributed by atoms with Crippen molar-refractivity contribution < 1.29 is 27.2 Å². The molecule has 0 saturated carbocycles. The highest BCUT2D eigenvalue weighted by atomic mass is 19.4. The Hall–Kier alpha value is -5.10. The monoisotopic (exact) mass is 550 g/mol. The summed E-state index contributed by atoms with van der Waals surface area (Å²) in [5.74, 6) is 2.80. The third kappa shape index (κ3) is 8.19. The van der Waals surface area contributed by atoms with Crippen molar-refractivity contribution in [1.82, 2.24) is 0 Å². The van der Waals surface area contributed by atoms with E-state index in [1.807, 2.05) is 109 Å². The maximum Gasteiger partial charge on any atom is 0.448 e. The summed E-state index contributed by atoms with van der Waals surface area (Å²) in [4.78, 5) is 0. The van der Waals surface area contributed by atoms with Gasteiger partial charge in [0, 0.05) is 24.3 Å². The minimum Gasteiger partial charge on any atom is -0.457 e. The molecule has 0 radical (unpaired) electrons. The molecule has 3 nitrogen and oxygen atoms in total. The molecule has 1 aromatic heterocycles. The van der Waals surface area contributed by atoms with E-state index in [0.717, 1.165) is 22.6 Å². The molecule has 41 heavy (non-hydrogen) atoms. The zero-order valence-corrected chi connectivity index (χ0v) is 22.0. The fourth-order valence-corrected chi connectivity index (χ4v) is 4.13. The highest BCUT2D eigenvalue weighted by Crippen LogP contribution is 2.23. The van der Waals surface area contributed by atoms with Gasteiger partial charge in [-0.25, -0.2) is 0 Å². The second-order valence-corrected chi connectivity index (χ2v) is 9.21. The van der Waals surface area contributed by atoms with Crippen molar-refractivity contribution in [3.63, 3.8) is 0 Å². The van der Waals surface area contributed by atoms with Gasteiger partial charge in [-0.05, 0) is 77.9 Å². The van der Waals surface area contributed by atoms with E-state index in [-0.39, 0.29) is 0 Å². The molecule has 0 amide bonds. The van der Waals surface area contributed by atoms with Crippen LogP contribution in [0, 0.1) is 0 Å². The van der Waals surface area contributed by atoms with Crippen LogP contribution in [-0.2, 0) is 6.54 Å². The van der Waals surface area contributed by atoms with Crippen LogP contribution in [0.1, 0.15) is 22.5 Å². The number of halogens is 3. The van der Waals surface area contributed by atoms with Gasteiger partial charge in [-0.1, -0.05) is 60.7 Å². The van der Waals surface area contributed by atoms with Gasteiger partial charge in [-0.15, -0.1) is 0 Å². The van der Waals surface area contributed by atoms with Crippen LogP contribution in [-0.4, -0.2) is 6.18 Å². The lowest BCUT2D eigenvalue weighted by Crippen LogP contribution is -2.46. The fourth-order valence-electron chi connectivity index (χ4n) is 4.13. The number of rotatable bonds is 9. The number of aromatic nitrogens is 1. The molecule has 0 atom stereocenters. The number of pyridine rings is 1. The Kier molecular flexibility index (Phi) is 8.60. The lowest BCUT2D eigenvalue weighted by atomic mass is 10.1. The van der Waals surface area contributed by atoms with Crippen LogP contribution in [0.3, 0.4) is 0 Å². The van der Waals surface area contributed by atoms with Crippen molar-refractivity contribution in [2.45, 2.75) is 12.7 Å². The number of alkyl halides is 3. The lowest BCUT2D eigenvalue weighted by Gasteiger charge is -2.08. The predicted molar refractivity (Wildman–Crippen MR) is 156 cm³/mol. The Balaban J connectivity index is 1.33. The summed E-state index contributed by atoms with van der Waals surface area (Å²) < 4.78 is 53.6. The molecule has 5 rings (SSSR count). The molecule has 0 aliphatic heterocycles. The second kappa shape index (κ2) is 12.8.